The molecular weight excluding hydrogens is 382 g/mol. The molecule has 0 bridgehead atoms. The Morgan fingerprint density at radius 1 is 1.33 bits per heavy atom. The number of allylic oxidation sites excluding steroid dienone is 2. The number of nitrogens with two attached hydrogens (primary N) is 1. The van der Waals surface area contributed by atoms with Crippen molar-refractivity contribution >= 4 is 11.7 Å². The number of nitrogens with zero attached hydrogens (tertiary/aromatic N) is 1. The van der Waals surface area contributed by atoms with E-state index in [0.29, 0.717) is 12.3 Å². The van der Waals surface area contributed by atoms with Gasteiger partial charge in [-0.1, -0.05) is 18.9 Å². The van der Waals surface area contributed by atoms with Crippen molar-refractivity contribution in [3.8, 4) is 0 Å². The van der Waals surface area contributed by atoms with Crippen LogP contribution in [0.3, 0.4) is 0 Å². The van der Waals surface area contributed by atoms with Gasteiger partial charge in [-0.15, -0.1) is 0 Å². The normalized spacial score (nSPS) is 28.3. The maximum atomic E-state index is 11.9. The van der Waals surface area contributed by atoms with Gasteiger partial charge < -0.3 is 31.2 Å². The summed E-state index contributed by atoms with van der Waals surface area (Å²) in [6.07, 6.45) is 14.6. The Morgan fingerprint density at radius 3 is 2.93 bits per heavy atom. The first-order valence-electron chi connectivity index (χ1n) is 11.1. The van der Waals surface area contributed by atoms with E-state index >= 15 is 0 Å². The minimum atomic E-state index is -0.501. The lowest BCUT2D eigenvalue weighted by atomic mass is 9.97. The van der Waals surface area contributed by atoms with E-state index in [0.717, 1.165) is 43.7 Å². The number of ether oxygens (including phenoxy) is 2. The topological polar surface area (TPSA) is 110 Å². The molecular formula is C22H33N5O3. The molecule has 0 aromatic rings. The van der Waals surface area contributed by atoms with Gasteiger partial charge in [0.25, 0.3) is 0 Å². The molecule has 1 fully saturated rings. The van der Waals surface area contributed by atoms with E-state index in [2.05, 4.69) is 22.0 Å². The van der Waals surface area contributed by atoms with Crippen LogP contribution in [0.25, 0.3) is 0 Å². The molecule has 8 nitrogen and oxygen atoms in total. The number of hydrogen-bond acceptors (Lipinski definition) is 8. The molecule has 164 valence electrons. The second-order valence-electron chi connectivity index (χ2n) is 8.45. The quantitative estimate of drug-likeness (QED) is 0.404. The summed E-state index contributed by atoms with van der Waals surface area (Å²) in [7, 11) is 1.70. The summed E-state index contributed by atoms with van der Waals surface area (Å²) in [4.78, 5) is 16.7. The molecule has 4 atom stereocenters. The van der Waals surface area contributed by atoms with E-state index in [4.69, 9.17) is 20.2 Å². The Balaban J connectivity index is 1.15. The van der Waals surface area contributed by atoms with E-state index in [-0.39, 0.29) is 23.9 Å². The van der Waals surface area contributed by atoms with Gasteiger partial charge in [0.1, 0.15) is 12.4 Å². The smallest absolute Gasteiger partial charge is 0.228 e. The molecule has 1 aliphatic carbocycles. The molecule has 3 heterocycles. The molecule has 3 unspecified atom stereocenters. The largest absolute Gasteiger partial charge is 0.484 e. The first kappa shape index (κ1) is 20.8. The maximum absolute atomic E-state index is 11.9. The van der Waals surface area contributed by atoms with E-state index in [1.54, 1.807) is 13.3 Å². The van der Waals surface area contributed by atoms with Crippen LogP contribution in [0.5, 0.6) is 0 Å². The number of ketones is 1. The minimum absolute atomic E-state index is 0.00992. The number of hydrogen-bond donors (Lipinski definition) is 4. The Bertz CT molecular complexity index is 748. The van der Waals surface area contributed by atoms with Gasteiger partial charge in [0.05, 0.1) is 13.0 Å². The molecule has 8 heteroatoms. The molecule has 30 heavy (non-hydrogen) atoms. The number of unbranched alkanes of at least 4 members (excludes halogenated alkanes) is 2. The summed E-state index contributed by atoms with van der Waals surface area (Å²) in [5.41, 5.74) is 8.69. The fraction of sp³-hybridized carbons (Fsp3) is 0.636. The predicted molar refractivity (Wildman–Crippen MR) is 115 cm³/mol. The summed E-state index contributed by atoms with van der Waals surface area (Å²) < 4.78 is 10.8. The molecule has 1 saturated carbocycles. The van der Waals surface area contributed by atoms with Crippen molar-refractivity contribution in [2.75, 3.05) is 7.11 Å². The second kappa shape index (κ2) is 9.55. The summed E-state index contributed by atoms with van der Waals surface area (Å²) in [6.45, 7) is 0. The van der Waals surface area contributed by atoms with Gasteiger partial charge in [-0.2, -0.15) is 0 Å². The van der Waals surface area contributed by atoms with Gasteiger partial charge in [0, 0.05) is 42.2 Å². The lowest BCUT2D eigenvalue weighted by molar-refractivity contribution is -0.127. The van der Waals surface area contributed by atoms with Crippen LogP contribution in [0.1, 0.15) is 51.4 Å². The highest BCUT2D eigenvalue weighted by atomic mass is 16.5. The summed E-state index contributed by atoms with van der Waals surface area (Å²) >= 11 is 0. The van der Waals surface area contributed by atoms with Gasteiger partial charge in [-0.3, -0.25) is 4.79 Å². The lowest BCUT2D eigenvalue weighted by Crippen LogP contribution is -2.49. The SMILES string of the molecule is COC1=NC(C2CC2)=CCC1C1=CNC([C@@H](N)CCCCCC(=O)C2NC=CO2)N1. The van der Waals surface area contributed by atoms with Crippen molar-refractivity contribution < 1.29 is 14.3 Å². The number of nitrogens with one attached hydrogen (secondary N) is 3. The number of Topliss-reactive ketones (excluding diaryl/α,β-unsaturated/α-hetero) is 1. The van der Waals surface area contributed by atoms with Crippen molar-refractivity contribution in [3.05, 3.63) is 36.1 Å². The van der Waals surface area contributed by atoms with Crippen LogP contribution in [-0.2, 0) is 14.3 Å². The van der Waals surface area contributed by atoms with Crippen molar-refractivity contribution in [1.82, 2.24) is 16.0 Å². The summed E-state index contributed by atoms with van der Waals surface area (Å²) in [6, 6.07) is -0.0115. The number of aliphatic imine (C=N–C) groups is 1. The van der Waals surface area contributed by atoms with Gasteiger partial charge in [0.2, 0.25) is 6.23 Å². The van der Waals surface area contributed by atoms with E-state index in [9.17, 15) is 4.79 Å². The number of methoxy groups -OCH3 is 1. The van der Waals surface area contributed by atoms with Crippen LogP contribution in [0.2, 0.25) is 0 Å². The molecule has 0 aromatic heterocycles. The van der Waals surface area contributed by atoms with E-state index in [1.165, 1.54) is 24.8 Å². The standard InChI is InChI=1S/C22H33N5O3/c1-29-21-15(9-10-17(27-21)14-7-8-14)18-13-25-20(26-18)16(23)5-3-2-4-6-19(28)22-24-11-12-30-22/h10-16,20,22,24-26H,2-9,23H2,1H3/t15?,16-,20?,22?/m0/s1. The Hall–Kier alpha value is -2.48. The molecule has 3 aliphatic heterocycles. The van der Waals surface area contributed by atoms with Crippen molar-refractivity contribution in [3.63, 3.8) is 0 Å². The van der Waals surface area contributed by atoms with Gasteiger partial charge >= 0.3 is 0 Å². The van der Waals surface area contributed by atoms with E-state index < -0.39 is 6.23 Å². The molecule has 0 radical (unpaired) electrons. The van der Waals surface area contributed by atoms with Crippen LogP contribution in [0.15, 0.2) is 41.1 Å². The van der Waals surface area contributed by atoms with Gasteiger partial charge in [0.15, 0.2) is 11.7 Å². The monoisotopic (exact) mass is 415 g/mol. The number of carbonyl (C=O) groups is 1. The van der Waals surface area contributed by atoms with Crippen LogP contribution in [-0.4, -0.2) is 37.2 Å². The van der Waals surface area contributed by atoms with Crippen LogP contribution in [0, 0.1) is 11.8 Å². The zero-order valence-electron chi connectivity index (χ0n) is 17.6. The molecule has 0 spiro atoms. The van der Waals surface area contributed by atoms with Crippen molar-refractivity contribution in [1.29, 1.82) is 0 Å². The predicted octanol–water partition coefficient (Wildman–Crippen LogP) is 1.97. The lowest BCUT2D eigenvalue weighted by Gasteiger charge is -2.26. The van der Waals surface area contributed by atoms with Crippen LogP contribution in [0.4, 0.5) is 0 Å². The number of carbonyl (C=O) groups excluding carboxylic acids is 1. The average molecular weight is 416 g/mol. The highest BCUT2D eigenvalue weighted by Gasteiger charge is 2.34. The molecule has 5 N–H and O–H groups in total. The molecule has 0 amide bonds. The zero-order valence-corrected chi connectivity index (χ0v) is 17.6. The van der Waals surface area contributed by atoms with Crippen LogP contribution >= 0.6 is 0 Å². The van der Waals surface area contributed by atoms with E-state index in [1.807, 2.05) is 6.20 Å². The fourth-order valence-corrected chi connectivity index (χ4v) is 4.16. The average Bonchev–Trinajstić information content (AvgIpc) is 3.26. The third kappa shape index (κ3) is 4.98. The minimum Gasteiger partial charge on any atom is -0.484 e. The highest BCUT2D eigenvalue weighted by molar-refractivity contribution is 5.84. The first-order chi connectivity index (χ1) is 14.7. The molecule has 4 aliphatic rings. The molecule has 0 aromatic carbocycles. The summed E-state index contributed by atoms with van der Waals surface area (Å²) in [5.74, 6) is 1.64. The first-order valence-corrected chi connectivity index (χ1v) is 11.1. The number of rotatable bonds is 10. The third-order valence-corrected chi connectivity index (χ3v) is 6.13. The van der Waals surface area contributed by atoms with Crippen molar-refractivity contribution in [2.24, 2.45) is 22.6 Å². The zero-order chi connectivity index (χ0) is 20.9. The summed E-state index contributed by atoms with van der Waals surface area (Å²) in [5, 5.41) is 9.79. The van der Waals surface area contributed by atoms with Gasteiger partial charge in [-0.05, 0) is 32.1 Å². The molecule has 4 rings (SSSR count). The Labute approximate surface area is 178 Å². The second-order valence-corrected chi connectivity index (χ2v) is 8.45. The van der Waals surface area contributed by atoms with Crippen LogP contribution < -0.4 is 21.7 Å². The fourth-order valence-electron chi connectivity index (χ4n) is 4.16. The maximum Gasteiger partial charge on any atom is 0.228 e. The van der Waals surface area contributed by atoms with Gasteiger partial charge in [-0.25, -0.2) is 4.99 Å². The Morgan fingerprint density at radius 2 is 2.20 bits per heavy atom. The third-order valence-electron chi connectivity index (χ3n) is 6.13. The highest BCUT2D eigenvalue weighted by Crippen LogP contribution is 2.40. The molecule has 0 saturated heterocycles. The van der Waals surface area contributed by atoms with Crippen molar-refractivity contribution in [2.45, 2.75) is 69.8 Å². The Kier molecular flexibility index (Phi) is 6.62.